The topological polar surface area (TPSA) is 135 Å². The van der Waals surface area contributed by atoms with Gasteiger partial charge in [-0.2, -0.15) is 0 Å². The molecule has 0 unspecified atom stereocenters. The number of carboxylic acid groups (broad SMARTS) is 1. The summed E-state index contributed by atoms with van der Waals surface area (Å²) in [4.78, 5) is 49.8. The number of fused-ring (bicyclic) bond motifs is 1. The summed E-state index contributed by atoms with van der Waals surface area (Å²) in [7, 11) is 1.22. The minimum Gasteiger partial charge on any atom is -0.488 e. The normalized spacial score (nSPS) is 14.1. The van der Waals surface area contributed by atoms with Crippen molar-refractivity contribution >= 4 is 40.7 Å². The number of hydrogen-bond donors (Lipinski definition) is 2. The molecule has 196 valence electrons. The molecule has 2 heterocycles. The van der Waals surface area contributed by atoms with E-state index in [1.165, 1.54) is 31.4 Å². The molecule has 10 nitrogen and oxygen atoms in total. The van der Waals surface area contributed by atoms with Crippen LogP contribution in [0.25, 0.3) is 16.8 Å². The van der Waals surface area contributed by atoms with E-state index in [0.717, 1.165) is 15.7 Å². The molecule has 0 radical (unpaired) electrons. The van der Waals surface area contributed by atoms with Crippen LogP contribution in [0.15, 0.2) is 82.9 Å². The fourth-order valence-electron chi connectivity index (χ4n) is 4.19. The molecular formula is C29H22N2O8. The van der Waals surface area contributed by atoms with Crippen molar-refractivity contribution in [3.63, 3.8) is 0 Å². The second kappa shape index (κ2) is 10.5. The van der Waals surface area contributed by atoms with Crippen LogP contribution in [0.3, 0.4) is 0 Å². The first kappa shape index (κ1) is 25.3. The summed E-state index contributed by atoms with van der Waals surface area (Å²) in [5, 5.41) is 13.5. The van der Waals surface area contributed by atoms with E-state index in [2.05, 4.69) is 10.1 Å². The Bertz CT molecular complexity index is 1650. The lowest BCUT2D eigenvalue weighted by molar-refractivity contribution is -0.123. The molecule has 0 saturated carbocycles. The van der Waals surface area contributed by atoms with Gasteiger partial charge >= 0.3 is 18.0 Å². The van der Waals surface area contributed by atoms with Crippen molar-refractivity contribution in [2.75, 3.05) is 7.11 Å². The summed E-state index contributed by atoms with van der Waals surface area (Å²) in [5.41, 5.74) is 1.40. The molecule has 1 aromatic heterocycles. The van der Waals surface area contributed by atoms with Crippen LogP contribution in [0.4, 0.5) is 4.79 Å². The second-order valence-electron chi connectivity index (χ2n) is 8.63. The smallest absolute Gasteiger partial charge is 0.373 e. The van der Waals surface area contributed by atoms with Gasteiger partial charge in [-0.25, -0.2) is 14.4 Å². The summed E-state index contributed by atoms with van der Waals surface area (Å²) in [6, 6.07) is 19.8. The van der Waals surface area contributed by atoms with Gasteiger partial charge in [0.15, 0.2) is 0 Å². The van der Waals surface area contributed by atoms with E-state index >= 15 is 0 Å². The molecule has 0 atom stereocenters. The summed E-state index contributed by atoms with van der Waals surface area (Å²) < 4.78 is 16.1. The fraction of sp³-hybridized carbons (Fsp3) is 0.103. The summed E-state index contributed by atoms with van der Waals surface area (Å²) >= 11 is 0. The zero-order valence-electron chi connectivity index (χ0n) is 20.7. The van der Waals surface area contributed by atoms with E-state index in [-0.39, 0.29) is 35.9 Å². The van der Waals surface area contributed by atoms with Gasteiger partial charge in [-0.15, -0.1) is 0 Å². The highest BCUT2D eigenvalue weighted by atomic mass is 16.5. The van der Waals surface area contributed by atoms with Crippen LogP contribution in [0.2, 0.25) is 0 Å². The van der Waals surface area contributed by atoms with Crippen LogP contribution < -0.4 is 10.1 Å². The van der Waals surface area contributed by atoms with Crippen molar-refractivity contribution in [2.45, 2.75) is 13.2 Å². The Kier molecular flexibility index (Phi) is 6.83. The number of furan rings is 1. The number of aromatic carboxylic acids is 1. The molecule has 39 heavy (non-hydrogen) atoms. The number of nitrogens with zero attached hydrogens (tertiary/aromatic N) is 1. The van der Waals surface area contributed by atoms with Crippen molar-refractivity contribution < 1.29 is 38.2 Å². The number of methoxy groups -OCH3 is 1. The van der Waals surface area contributed by atoms with Crippen LogP contribution in [0.5, 0.6) is 5.75 Å². The lowest BCUT2D eigenvalue weighted by Gasteiger charge is -2.13. The number of nitrogens with one attached hydrogen (secondary N) is 1. The Balaban J connectivity index is 1.44. The molecule has 1 aliphatic heterocycles. The maximum atomic E-state index is 13.2. The number of carbonyl (C=O) groups is 4. The molecule has 3 amide bonds. The molecule has 0 bridgehead atoms. The van der Waals surface area contributed by atoms with Crippen molar-refractivity contribution in [2.24, 2.45) is 0 Å². The van der Waals surface area contributed by atoms with E-state index in [1.54, 1.807) is 24.3 Å². The summed E-state index contributed by atoms with van der Waals surface area (Å²) in [6.07, 6.45) is 1.55. The monoisotopic (exact) mass is 526 g/mol. The fourth-order valence-corrected chi connectivity index (χ4v) is 4.19. The molecule has 10 heteroatoms. The van der Waals surface area contributed by atoms with Crippen LogP contribution in [0, 0.1) is 0 Å². The van der Waals surface area contributed by atoms with E-state index in [1.807, 2.05) is 30.3 Å². The lowest BCUT2D eigenvalue weighted by Crippen LogP contribution is -2.30. The third kappa shape index (κ3) is 5.21. The van der Waals surface area contributed by atoms with Gasteiger partial charge in [0.25, 0.3) is 5.91 Å². The van der Waals surface area contributed by atoms with Crippen molar-refractivity contribution in [3.8, 4) is 5.75 Å². The quantitative estimate of drug-likeness (QED) is 0.193. The maximum Gasteiger partial charge on any atom is 0.373 e. The third-order valence-corrected chi connectivity index (χ3v) is 6.11. The first-order chi connectivity index (χ1) is 18.8. The number of rotatable bonds is 8. The van der Waals surface area contributed by atoms with Gasteiger partial charge in [-0.3, -0.25) is 9.69 Å². The number of ether oxygens (including phenoxy) is 2. The van der Waals surface area contributed by atoms with Crippen LogP contribution in [-0.4, -0.2) is 41.0 Å². The first-order valence-electron chi connectivity index (χ1n) is 11.8. The molecular weight excluding hydrogens is 504 g/mol. The molecule has 0 spiro atoms. The third-order valence-electron chi connectivity index (χ3n) is 6.11. The van der Waals surface area contributed by atoms with E-state index in [0.29, 0.717) is 16.9 Å². The highest BCUT2D eigenvalue weighted by Crippen LogP contribution is 2.32. The van der Waals surface area contributed by atoms with E-state index in [9.17, 15) is 24.3 Å². The van der Waals surface area contributed by atoms with Gasteiger partial charge in [-0.05, 0) is 52.7 Å². The van der Waals surface area contributed by atoms with Crippen molar-refractivity contribution in [3.05, 3.63) is 107 Å². The number of esters is 1. The highest BCUT2D eigenvalue weighted by Gasteiger charge is 2.34. The SMILES string of the molecule is COC(=O)c1ccc(CN2C(=O)N/C(=C\c3c(OCc4cccc(C(=O)O)c4)ccc4ccccc34)C2=O)o1. The van der Waals surface area contributed by atoms with Crippen molar-refractivity contribution in [1.82, 2.24) is 10.2 Å². The predicted molar refractivity (Wildman–Crippen MR) is 139 cm³/mol. The Morgan fingerprint density at radius 1 is 1.03 bits per heavy atom. The number of carbonyl (C=O) groups excluding carboxylic acids is 3. The van der Waals surface area contributed by atoms with Gasteiger partial charge < -0.3 is 24.3 Å². The first-order valence-corrected chi connectivity index (χ1v) is 11.8. The van der Waals surface area contributed by atoms with Gasteiger partial charge in [-0.1, -0.05) is 42.5 Å². The molecule has 1 fully saturated rings. The zero-order valence-corrected chi connectivity index (χ0v) is 20.7. The zero-order chi connectivity index (χ0) is 27.5. The Hall–Kier alpha value is -5.38. The molecule has 1 saturated heterocycles. The van der Waals surface area contributed by atoms with Crippen LogP contribution in [0.1, 0.15) is 37.8 Å². The lowest BCUT2D eigenvalue weighted by atomic mass is 10.0. The average Bonchev–Trinajstić information content (AvgIpc) is 3.52. The van der Waals surface area contributed by atoms with Crippen molar-refractivity contribution in [1.29, 1.82) is 0 Å². The van der Waals surface area contributed by atoms with Crippen LogP contribution >= 0.6 is 0 Å². The minimum absolute atomic E-state index is 0.0359. The average molecular weight is 527 g/mol. The molecule has 5 rings (SSSR count). The van der Waals surface area contributed by atoms with Gasteiger partial charge in [0.2, 0.25) is 5.76 Å². The summed E-state index contributed by atoms with van der Waals surface area (Å²) in [5.74, 6) is -1.65. The number of urea groups is 1. The number of benzene rings is 3. The number of carboxylic acids is 1. The predicted octanol–water partition coefficient (Wildman–Crippen LogP) is 4.59. The van der Waals surface area contributed by atoms with Gasteiger partial charge in [0.1, 0.15) is 23.8 Å². The molecule has 3 aromatic carbocycles. The van der Waals surface area contributed by atoms with Crippen LogP contribution in [-0.2, 0) is 22.7 Å². The maximum absolute atomic E-state index is 13.2. The molecule has 1 aliphatic rings. The largest absolute Gasteiger partial charge is 0.488 e. The van der Waals surface area contributed by atoms with E-state index in [4.69, 9.17) is 9.15 Å². The minimum atomic E-state index is -1.04. The van der Waals surface area contributed by atoms with E-state index < -0.39 is 23.9 Å². The second-order valence-corrected chi connectivity index (χ2v) is 8.63. The Labute approximate surface area is 222 Å². The highest BCUT2D eigenvalue weighted by molar-refractivity contribution is 6.14. The number of imide groups is 1. The number of hydrogen-bond acceptors (Lipinski definition) is 7. The standard InChI is InChI=1S/C29H22N2O8/c1-37-28(35)25-12-10-20(39-25)15-31-26(32)23(30-29(31)36)14-22-21-8-3-2-6-18(21)9-11-24(22)38-16-17-5-4-7-19(13-17)27(33)34/h2-14H,15-16H2,1H3,(H,30,36)(H,33,34)/b23-14-. The molecule has 2 N–H and O–H groups in total. The molecule has 0 aliphatic carbocycles. The van der Waals surface area contributed by atoms with Gasteiger partial charge in [0, 0.05) is 5.56 Å². The number of amides is 3. The Morgan fingerprint density at radius 3 is 2.64 bits per heavy atom. The Morgan fingerprint density at radius 2 is 1.85 bits per heavy atom. The summed E-state index contributed by atoms with van der Waals surface area (Å²) in [6.45, 7) is -0.0963. The molecule has 4 aromatic rings. The van der Waals surface area contributed by atoms with Gasteiger partial charge in [0.05, 0.1) is 19.2 Å².